The van der Waals surface area contributed by atoms with E-state index in [0.29, 0.717) is 12.5 Å². The molecule has 5 heteroatoms. The van der Waals surface area contributed by atoms with Gasteiger partial charge >= 0.3 is 0 Å². The molecule has 0 spiro atoms. The number of nitrogens with one attached hydrogen (secondary N) is 1. The number of carbonyl (C=O) groups is 1. The first-order valence-corrected chi connectivity index (χ1v) is 6.43. The van der Waals surface area contributed by atoms with Crippen molar-refractivity contribution in [2.75, 3.05) is 13.2 Å². The van der Waals surface area contributed by atoms with E-state index in [0.717, 1.165) is 32.3 Å². The molecule has 2 fully saturated rings. The van der Waals surface area contributed by atoms with E-state index in [2.05, 4.69) is 5.32 Å². The Hall–Kier alpha value is -0.320. The number of hydrogen-bond donors (Lipinski definition) is 2. The van der Waals surface area contributed by atoms with Crippen LogP contribution < -0.4 is 11.1 Å². The van der Waals surface area contributed by atoms with Gasteiger partial charge in [-0.25, -0.2) is 0 Å². The van der Waals surface area contributed by atoms with Crippen LogP contribution in [-0.2, 0) is 9.53 Å². The van der Waals surface area contributed by atoms with Crippen molar-refractivity contribution in [1.29, 1.82) is 0 Å². The lowest BCUT2D eigenvalue weighted by atomic mass is 9.84. The molecule has 1 aliphatic carbocycles. The van der Waals surface area contributed by atoms with Gasteiger partial charge in [0.1, 0.15) is 6.10 Å². The second kappa shape index (κ2) is 7.19. The molecule has 100 valence electrons. The Balaban J connectivity index is 0.00000144. The summed E-state index contributed by atoms with van der Waals surface area (Å²) >= 11 is 0. The topological polar surface area (TPSA) is 64.3 Å². The summed E-state index contributed by atoms with van der Waals surface area (Å²) in [5.41, 5.74) is 5.74. The SMILES string of the molecule is Cl.NCC1CCCCC1NC(=O)C1CCCO1. The minimum atomic E-state index is -0.208. The van der Waals surface area contributed by atoms with Crippen LogP contribution in [0, 0.1) is 5.92 Å². The van der Waals surface area contributed by atoms with Gasteiger partial charge in [0.2, 0.25) is 5.91 Å². The van der Waals surface area contributed by atoms with Gasteiger partial charge in [-0.3, -0.25) is 4.79 Å². The summed E-state index contributed by atoms with van der Waals surface area (Å²) < 4.78 is 5.38. The van der Waals surface area contributed by atoms with E-state index < -0.39 is 0 Å². The van der Waals surface area contributed by atoms with Gasteiger partial charge < -0.3 is 15.8 Å². The second-order valence-corrected chi connectivity index (χ2v) is 4.90. The molecule has 0 aromatic carbocycles. The van der Waals surface area contributed by atoms with Gasteiger partial charge in [-0.15, -0.1) is 12.4 Å². The highest BCUT2D eigenvalue weighted by atomic mass is 35.5. The molecule has 2 rings (SSSR count). The molecular formula is C12H23ClN2O2. The summed E-state index contributed by atoms with van der Waals surface area (Å²) in [6.45, 7) is 1.40. The Labute approximate surface area is 109 Å². The number of hydrogen-bond acceptors (Lipinski definition) is 3. The molecule has 3 unspecified atom stereocenters. The maximum atomic E-state index is 11.9. The fourth-order valence-corrected chi connectivity index (χ4v) is 2.74. The van der Waals surface area contributed by atoms with E-state index >= 15 is 0 Å². The first-order chi connectivity index (χ1) is 7.81. The summed E-state index contributed by atoms with van der Waals surface area (Å²) in [7, 11) is 0. The third-order valence-electron chi connectivity index (χ3n) is 3.76. The third kappa shape index (κ3) is 3.83. The highest BCUT2D eigenvalue weighted by molar-refractivity contribution is 5.85. The molecule has 0 radical (unpaired) electrons. The Morgan fingerprint density at radius 2 is 2.00 bits per heavy atom. The highest BCUT2D eigenvalue weighted by Crippen LogP contribution is 2.24. The summed E-state index contributed by atoms with van der Waals surface area (Å²) in [6.07, 6.45) is 6.32. The molecule has 17 heavy (non-hydrogen) atoms. The lowest BCUT2D eigenvalue weighted by Crippen LogP contribution is -2.48. The molecule has 1 saturated heterocycles. The molecule has 2 aliphatic rings. The molecule has 0 aromatic rings. The fraction of sp³-hybridized carbons (Fsp3) is 0.917. The van der Waals surface area contributed by atoms with E-state index in [1.54, 1.807) is 0 Å². The molecule has 4 nitrogen and oxygen atoms in total. The van der Waals surface area contributed by atoms with Crippen LogP contribution in [0.4, 0.5) is 0 Å². The monoisotopic (exact) mass is 262 g/mol. The number of carbonyl (C=O) groups excluding carboxylic acids is 1. The molecule has 0 aromatic heterocycles. The predicted molar refractivity (Wildman–Crippen MR) is 69.2 cm³/mol. The molecule has 3 atom stereocenters. The number of rotatable bonds is 3. The second-order valence-electron chi connectivity index (χ2n) is 4.90. The molecule has 1 aliphatic heterocycles. The van der Waals surface area contributed by atoms with Gasteiger partial charge in [0.05, 0.1) is 0 Å². The van der Waals surface area contributed by atoms with Crippen LogP contribution in [0.25, 0.3) is 0 Å². The van der Waals surface area contributed by atoms with Gasteiger partial charge in [-0.1, -0.05) is 12.8 Å². The highest BCUT2D eigenvalue weighted by Gasteiger charge is 2.29. The van der Waals surface area contributed by atoms with Gasteiger partial charge in [0.15, 0.2) is 0 Å². The lowest BCUT2D eigenvalue weighted by Gasteiger charge is -2.31. The summed E-state index contributed by atoms with van der Waals surface area (Å²) in [5.74, 6) is 0.530. The lowest BCUT2D eigenvalue weighted by molar-refractivity contribution is -0.131. The smallest absolute Gasteiger partial charge is 0.249 e. The van der Waals surface area contributed by atoms with Crippen molar-refractivity contribution < 1.29 is 9.53 Å². The van der Waals surface area contributed by atoms with Gasteiger partial charge in [-0.2, -0.15) is 0 Å². The van der Waals surface area contributed by atoms with Crippen LogP contribution in [-0.4, -0.2) is 31.2 Å². The first-order valence-electron chi connectivity index (χ1n) is 6.43. The number of ether oxygens (including phenoxy) is 1. The zero-order chi connectivity index (χ0) is 11.4. The largest absolute Gasteiger partial charge is 0.368 e. The van der Waals surface area contributed by atoms with Crippen molar-refractivity contribution in [2.24, 2.45) is 11.7 Å². The minimum Gasteiger partial charge on any atom is -0.368 e. The molecule has 1 amide bonds. The van der Waals surface area contributed by atoms with Crippen molar-refractivity contribution in [1.82, 2.24) is 5.32 Å². The van der Waals surface area contributed by atoms with Crippen LogP contribution in [0.5, 0.6) is 0 Å². The van der Waals surface area contributed by atoms with E-state index in [9.17, 15) is 4.79 Å². The summed E-state index contributed by atoms with van der Waals surface area (Å²) in [5, 5.41) is 3.12. The molecule has 0 bridgehead atoms. The van der Waals surface area contributed by atoms with Crippen LogP contribution in [0.1, 0.15) is 38.5 Å². The van der Waals surface area contributed by atoms with E-state index in [4.69, 9.17) is 10.5 Å². The molecule has 1 heterocycles. The van der Waals surface area contributed by atoms with Crippen molar-refractivity contribution >= 4 is 18.3 Å². The average Bonchev–Trinajstić information content (AvgIpc) is 2.83. The molecular weight excluding hydrogens is 240 g/mol. The van der Waals surface area contributed by atoms with E-state index in [1.807, 2.05) is 0 Å². The maximum absolute atomic E-state index is 11.9. The number of nitrogens with two attached hydrogens (primary N) is 1. The molecule has 3 N–H and O–H groups in total. The molecule has 1 saturated carbocycles. The van der Waals surface area contributed by atoms with Gasteiger partial charge in [0.25, 0.3) is 0 Å². The van der Waals surface area contributed by atoms with E-state index in [-0.39, 0.29) is 30.5 Å². The standard InChI is InChI=1S/C12H22N2O2.ClH/c13-8-9-4-1-2-5-10(9)14-12(15)11-6-3-7-16-11;/h9-11H,1-8,13H2,(H,14,15);1H. The zero-order valence-electron chi connectivity index (χ0n) is 10.2. The summed E-state index contributed by atoms with van der Waals surface area (Å²) in [4.78, 5) is 11.9. The van der Waals surface area contributed by atoms with Crippen LogP contribution >= 0.6 is 12.4 Å². The van der Waals surface area contributed by atoms with Crippen molar-refractivity contribution in [3.63, 3.8) is 0 Å². The normalized spacial score (nSPS) is 32.9. The Morgan fingerprint density at radius 1 is 1.24 bits per heavy atom. The zero-order valence-corrected chi connectivity index (χ0v) is 11.0. The predicted octanol–water partition coefficient (Wildman–Crippen LogP) is 1.22. The van der Waals surface area contributed by atoms with Crippen molar-refractivity contribution in [2.45, 2.75) is 50.7 Å². The Bertz CT molecular complexity index is 245. The van der Waals surface area contributed by atoms with Crippen molar-refractivity contribution in [3.8, 4) is 0 Å². The van der Waals surface area contributed by atoms with Crippen LogP contribution in [0.2, 0.25) is 0 Å². The first kappa shape index (κ1) is 14.7. The van der Waals surface area contributed by atoms with Gasteiger partial charge in [-0.05, 0) is 38.1 Å². The fourth-order valence-electron chi connectivity index (χ4n) is 2.74. The van der Waals surface area contributed by atoms with E-state index in [1.165, 1.54) is 12.8 Å². The minimum absolute atomic E-state index is 0. The quantitative estimate of drug-likeness (QED) is 0.804. The maximum Gasteiger partial charge on any atom is 0.249 e. The number of amides is 1. The van der Waals surface area contributed by atoms with Crippen LogP contribution in [0.3, 0.4) is 0 Å². The van der Waals surface area contributed by atoms with Crippen molar-refractivity contribution in [3.05, 3.63) is 0 Å². The Kier molecular flexibility index (Phi) is 6.23. The van der Waals surface area contributed by atoms with Gasteiger partial charge in [0, 0.05) is 12.6 Å². The third-order valence-corrected chi connectivity index (χ3v) is 3.76. The summed E-state index contributed by atoms with van der Waals surface area (Å²) in [6, 6.07) is 0.274. The average molecular weight is 263 g/mol. The Morgan fingerprint density at radius 3 is 2.65 bits per heavy atom. The number of halogens is 1. The van der Waals surface area contributed by atoms with Crippen LogP contribution in [0.15, 0.2) is 0 Å².